The van der Waals surface area contributed by atoms with E-state index in [4.69, 9.17) is 16.3 Å². The Labute approximate surface area is 491 Å². The third-order valence-electron chi connectivity index (χ3n) is 15.6. The van der Waals surface area contributed by atoms with E-state index in [0.29, 0.717) is 22.9 Å². The quantitative estimate of drug-likeness (QED) is 0.112. The summed E-state index contributed by atoms with van der Waals surface area (Å²) in [5, 5.41) is 7.15. The summed E-state index contributed by atoms with van der Waals surface area (Å²) in [7, 11) is 0. The number of nitrogens with zero attached hydrogens (tertiary/aromatic N) is 5. The van der Waals surface area contributed by atoms with E-state index >= 15 is 0 Å². The molecular weight excluding hydrogens is 1190 g/mol. The molecule has 6 nitrogen and oxygen atoms in total. The summed E-state index contributed by atoms with van der Waals surface area (Å²) in [6.45, 7) is 24.0. The number of aromatic nitrogens is 2. The van der Waals surface area contributed by atoms with Gasteiger partial charge in [0.15, 0.2) is 0 Å². The molecule has 0 saturated carbocycles. The van der Waals surface area contributed by atoms with Gasteiger partial charge in [-0.25, -0.2) is 4.98 Å². The minimum Gasteiger partial charge on any atom is -0.510 e. The summed E-state index contributed by atoms with van der Waals surface area (Å²) in [6.07, 6.45) is 1.92. The second-order valence-electron chi connectivity index (χ2n) is 22.8. The zero-order chi connectivity index (χ0) is 54.4. The fraction of sp³-hybridized carbons (Fsp3) is 0.110. The molecule has 0 unspecified atom stereocenters. The van der Waals surface area contributed by atoms with Crippen LogP contribution in [0.25, 0.3) is 96.8 Å². The molecule has 10 aromatic carbocycles. The van der Waals surface area contributed by atoms with Gasteiger partial charge in [-0.3, -0.25) is 4.85 Å². The van der Waals surface area contributed by atoms with E-state index in [0.717, 1.165) is 77.4 Å². The second-order valence-corrected chi connectivity index (χ2v) is 23.8. The Hall–Kier alpha value is -8.79. The largest absolute Gasteiger partial charge is 0.510 e. The number of benzene rings is 10. The number of thiophene rings is 1. The molecule has 4 heterocycles. The van der Waals surface area contributed by atoms with Gasteiger partial charge in [0.05, 0.1) is 17.8 Å². The van der Waals surface area contributed by atoms with Crippen LogP contribution >= 0.6 is 11.3 Å². The van der Waals surface area contributed by atoms with Gasteiger partial charge in [-0.05, 0) is 90.7 Å². The molecule has 0 N–H and O–H groups in total. The number of rotatable bonds is 8. The van der Waals surface area contributed by atoms with Crippen LogP contribution in [0.3, 0.4) is 0 Å². The maximum absolute atomic E-state index is 8.40. The number of ether oxygens (including phenoxy) is 1. The number of pyridine rings is 1. The molecule has 8 heteroatoms. The van der Waals surface area contributed by atoms with E-state index in [-0.39, 0.29) is 31.9 Å². The Bertz CT molecular complexity index is 4670. The number of para-hydroxylation sites is 3. The predicted molar refractivity (Wildman–Crippen MR) is 335 cm³/mol. The first kappa shape index (κ1) is 51.6. The number of hydrogen-bond donors (Lipinski definition) is 0. The third-order valence-corrected chi connectivity index (χ3v) is 16.9. The van der Waals surface area contributed by atoms with Crippen LogP contribution in [0.5, 0.6) is 11.5 Å². The van der Waals surface area contributed by atoms with Crippen molar-refractivity contribution in [2.75, 3.05) is 9.80 Å². The normalized spacial score (nSPS) is 12.6. The first-order valence-electron chi connectivity index (χ1n) is 27.1. The minimum absolute atomic E-state index is 0. The molecule has 14 rings (SSSR count). The van der Waals surface area contributed by atoms with Crippen molar-refractivity contribution in [1.82, 2.24) is 9.55 Å². The molecule has 81 heavy (non-hydrogen) atoms. The SMILES string of the molecule is [C-]#[N+]c1cc(Oc2[c-]c3c(cc2)c2sc4c5ccccc5c5ccccc5c4c2n3-c2cc(C(C)(C)C)ccn2)[c-]c(N2[CH-]N(c3c(-c4cccc(-c5ccccc5)c4)cccc3-c3cccc(C(C)(C)C)c3)c3ccccc32)c1.[Pt]. The van der Waals surface area contributed by atoms with E-state index in [1.54, 1.807) is 6.07 Å². The molecule has 3 aromatic heterocycles. The smallest absolute Gasteiger partial charge is 0.135 e. The van der Waals surface area contributed by atoms with Crippen LogP contribution in [-0.4, -0.2) is 9.55 Å². The van der Waals surface area contributed by atoms with E-state index < -0.39 is 0 Å². The molecular formula is C73H54N5OPtS-3. The van der Waals surface area contributed by atoms with Crippen LogP contribution in [0.1, 0.15) is 52.7 Å². The first-order chi connectivity index (χ1) is 38.9. The van der Waals surface area contributed by atoms with Gasteiger partial charge in [0.2, 0.25) is 0 Å². The minimum atomic E-state index is -0.110. The van der Waals surface area contributed by atoms with Gasteiger partial charge in [0.25, 0.3) is 0 Å². The van der Waals surface area contributed by atoms with Gasteiger partial charge in [-0.15, -0.1) is 54.0 Å². The molecule has 1 aliphatic rings. The van der Waals surface area contributed by atoms with Crippen molar-refractivity contribution in [2.24, 2.45) is 0 Å². The average Bonchev–Trinajstić information content (AvgIpc) is 3.66. The Balaban J connectivity index is 0.00000618. The van der Waals surface area contributed by atoms with Gasteiger partial charge in [-0.2, -0.15) is 6.07 Å². The zero-order valence-corrected chi connectivity index (χ0v) is 48.7. The van der Waals surface area contributed by atoms with Gasteiger partial charge >= 0.3 is 0 Å². The molecule has 0 amide bonds. The van der Waals surface area contributed by atoms with E-state index in [1.165, 1.54) is 42.8 Å². The van der Waals surface area contributed by atoms with Crippen LogP contribution in [0, 0.1) is 25.4 Å². The van der Waals surface area contributed by atoms with Gasteiger partial charge in [-0.1, -0.05) is 204 Å². The maximum Gasteiger partial charge on any atom is 0.135 e. The van der Waals surface area contributed by atoms with E-state index in [1.807, 2.05) is 29.7 Å². The summed E-state index contributed by atoms with van der Waals surface area (Å²) in [5.41, 5.74) is 15.0. The summed E-state index contributed by atoms with van der Waals surface area (Å²) in [6, 6.07) is 80.4. The molecule has 0 atom stereocenters. The van der Waals surface area contributed by atoms with Crippen molar-refractivity contribution < 1.29 is 25.8 Å². The molecule has 0 spiro atoms. The molecule has 0 fully saturated rings. The Morgan fingerprint density at radius 3 is 1.85 bits per heavy atom. The van der Waals surface area contributed by atoms with E-state index in [9.17, 15) is 0 Å². The molecule has 0 bridgehead atoms. The summed E-state index contributed by atoms with van der Waals surface area (Å²) >= 11 is 1.82. The molecule has 0 radical (unpaired) electrons. The third kappa shape index (κ3) is 8.95. The van der Waals surface area contributed by atoms with Crippen LogP contribution in [0.4, 0.5) is 28.4 Å². The zero-order valence-electron chi connectivity index (χ0n) is 45.7. The number of fused-ring (bicyclic) bond motifs is 11. The van der Waals surface area contributed by atoms with Crippen LogP contribution < -0.4 is 14.5 Å². The average molecular weight is 1240 g/mol. The summed E-state index contributed by atoms with van der Waals surface area (Å²) < 4.78 is 11.6. The molecule has 0 aliphatic carbocycles. The molecule has 13 aromatic rings. The van der Waals surface area contributed by atoms with Crippen molar-refractivity contribution in [3.8, 4) is 50.7 Å². The molecule has 1 aliphatic heterocycles. The van der Waals surface area contributed by atoms with Crippen molar-refractivity contribution in [3.63, 3.8) is 0 Å². The van der Waals surface area contributed by atoms with Crippen LogP contribution in [0.15, 0.2) is 212 Å². The fourth-order valence-corrected chi connectivity index (χ4v) is 13.0. The van der Waals surface area contributed by atoms with Crippen molar-refractivity contribution >= 4 is 92.5 Å². The van der Waals surface area contributed by atoms with Crippen molar-refractivity contribution in [2.45, 2.75) is 52.4 Å². The predicted octanol–water partition coefficient (Wildman–Crippen LogP) is 20.6. The monoisotopic (exact) mass is 1240 g/mol. The van der Waals surface area contributed by atoms with Crippen LogP contribution in [0.2, 0.25) is 0 Å². The maximum atomic E-state index is 8.40. The second kappa shape index (κ2) is 20.1. The number of anilines is 4. The molecule has 0 saturated heterocycles. The summed E-state index contributed by atoms with van der Waals surface area (Å²) in [5.74, 6) is 1.72. The molecule has 396 valence electrons. The van der Waals surface area contributed by atoms with E-state index in [2.05, 4.69) is 268 Å². The Kier molecular flexibility index (Phi) is 12.8. The van der Waals surface area contributed by atoms with Gasteiger partial charge in [0, 0.05) is 87.1 Å². The van der Waals surface area contributed by atoms with Gasteiger partial charge in [0.1, 0.15) is 5.82 Å². The number of hydrogen-bond acceptors (Lipinski definition) is 5. The summed E-state index contributed by atoms with van der Waals surface area (Å²) in [4.78, 5) is 13.5. The van der Waals surface area contributed by atoms with Crippen molar-refractivity contribution in [1.29, 1.82) is 0 Å². The van der Waals surface area contributed by atoms with Crippen LogP contribution in [-0.2, 0) is 31.9 Å². The standard InChI is InChI=1S/C73H54N5OS.Pt/c1-72(2,3)50-25-18-24-49(39-50)57-31-19-30-56(48-23-17-22-47(38-48)46-20-9-8-10-21-46)68(57)77-45-76(63-32-15-16-33-64(63)77)53-41-52(74-7)42-55(43-53)79-54-34-35-62-65(44-54)78(66-40-51(36-37-75-66)73(4,5)6)69-67-60-28-13-11-26-58(60)59-27-12-14-29-61(59)70(67)80-71(62)69;/h8-42,45H,1-6H3;/q-3;. The Morgan fingerprint density at radius 1 is 0.519 bits per heavy atom. The van der Waals surface area contributed by atoms with Crippen molar-refractivity contribution in [3.05, 3.63) is 254 Å². The fourth-order valence-electron chi connectivity index (χ4n) is 11.6. The van der Waals surface area contributed by atoms with Gasteiger partial charge < -0.3 is 19.1 Å². The topological polar surface area (TPSA) is 37.9 Å². The first-order valence-corrected chi connectivity index (χ1v) is 27.9. The Morgan fingerprint density at radius 2 is 1.12 bits per heavy atom.